The van der Waals surface area contributed by atoms with E-state index in [0.29, 0.717) is 23.8 Å². The van der Waals surface area contributed by atoms with Crippen LogP contribution in [0.2, 0.25) is 0 Å². The highest BCUT2D eigenvalue weighted by atomic mass is 32.1. The predicted octanol–water partition coefficient (Wildman–Crippen LogP) is 4.13. The van der Waals surface area contributed by atoms with E-state index < -0.39 is 0 Å². The van der Waals surface area contributed by atoms with Gasteiger partial charge >= 0.3 is 0 Å². The zero-order chi connectivity index (χ0) is 23.8. The fourth-order valence-corrected chi connectivity index (χ4v) is 4.86. The van der Waals surface area contributed by atoms with Gasteiger partial charge in [0.25, 0.3) is 0 Å². The van der Waals surface area contributed by atoms with Crippen LogP contribution in [0.3, 0.4) is 0 Å². The highest BCUT2D eigenvalue weighted by Crippen LogP contribution is 2.36. The van der Waals surface area contributed by atoms with Crippen molar-refractivity contribution < 1.29 is 19.0 Å². The highest BCUT2D eigenvalue weighted by molar-refractivity contribution is 7.14. The molecule has 1 saturated heterocycles. The molecule has 0 N–H and O–H groups in total. The Morgan fingerprint density at radius 3 is 2.65 bits per heavy atom. The largest absolute Gasteiger partial charge is 0.497 e. The summed E-state index contributed by atoms with van der Waals surface area (Å²) in [7, 11) is 3.27. The summed E-state index contributed by atoms with van der Waals surface area (Å²) in [4.78, 5) is 22.4. The van der Waals surface area contributed by atoms with Crippen molar-refractivity contribution in [3.8, 4) is 22.8 Å². The zero-order valence-corrected chi connectivity index (χ0v) is 20.6. The number of morpholine rings is 1. The molecule has 1 amide bonds. The lowest BCUT2D eigenvalue weighted by Crippen LogP contribution is -2.39. The summed E-state index contributed by atoms with van der Waals surface area (Å²) in [6.07, 6.45) is 1.22. The Hall–Kier alpha value is -2.94. The van der Waals surface area contributed by atoms with E-state index in [1.807, 2.05) is 58.8 Å². The molecule has 1 aliphatic rings. The van der Waals surface area contributed by atoms with Crippen LogP contribution in [0.25, 0.3) is 11.3 Å². The summed E-state index contributed by atoms with van der Waals surface area (Å²) in [6.45, 7) is 4.97. The summed E-state index contributed by atoms with van der Waals surface area (Å²) in [5.41, 5.74) is 2.60. The van der Waals surface area contributed by atoms with Crippen LogP contribution < -0.4 is 14.4 Å². The minimum Gasteiger partial charge on any atom is -0.497 e. The van der Waals surface area contributed by atoms with E-state index in [0.717, 1.165) is 61.8 Å². The van der Waals surface area contributed by atoms with E-state index in [2.05, 4.69) is 4.90 Å². The molecule has 0 bridgehead atoms. The molecular formula is C26H31N3O4S. The molecule has 1 aliphatic heterocycles. The van der Waals surface area contributed by atoms with Gasteiger partial charge in [0.2, 0.25) is 5.91 Å². The number of hydrogen-bond acceptors (Lipinski definition) is 7. The van der Waals surface area contributed by atoms with Gasteiger partial charge in [-0.25, -0.2) is 4.98 Å². The van der Waals surface area contributed by atoms with Crippen molar-refractivity contribution in [1.82, 2.24) is 9.88 Å². The minimum absolute atomic E-state index is 0.0479. The number of nitrogens with zero attached hydrogens (tertiary/aromatic N) is 3. The normalized spacial score (nSPS) is 14.1. The van der Waals surface area contributed by atoms with Crippen LogP contribution in [-0.2, 0) is 16.0 Å². The van der Waals surface area contributed by atoms with E-state index in [4.69, 9.17) is 19.2 Å². The van der Waals surface area contributed by atoms with Crippen molar-refractivity contribution >= 4 is 22.4 Å². The fourth-order valence-electron chi connectivity index (χ4n) is 4.00. The van der Waals surface area contributed by atoms with Gasteiger partial charge in [-0.05, 0) is 30.2 Å². The third-order valence-corrected chi connectivity index (χ3v) is 6.73. The topological polar surface area (TPSA) is 64.1 Å². The Balaban J connectivity index is 1.54. The number of thiazole rings is 1. The third kappa shape index (κ3) is 6.14. The first-order chi connectivity index (χ1) is 16.7. The standard InChI is InChI=1S/C26H31N3O4S/c1-31-21-9-10-24(32-2)22(18-21)23-19-34-26(27-23)29(12-6-11-28-13-15-33-16-14-28)25(30)17-20-7-4-3-5-8-20/h3-5,7-10,18-19H,6,11-17H2,1-2H3. The molecule has 0 unspecified atom stereocenters. The maximum absolute atomic E-state index is 13.4. The number of rotatable bonds is 10. The Labute approximate surface area is 204 Å². The SMILES string of the molecule is COc1ccc(OC)c(-c2csc(N(CCCN3CCOCC3)C(=O)Cc3ccccc3)n2)c1. The quantitative estimate of drug-likeness (QED) is 0.434. The molecule has 180 valence electrons. The molecular weight excluding hydrogens is 450 g/mol. The van der Waals surface area contributed by atoms with E-state index in [1.165, 1.54) is 11.3 Å². The molecule has 34 heavy (non-hydrogen) atoms. The summed E-state index contributed by atoms with van der Waals surface area (Å²) in [6, 6.07) is 15.5. The van der Waals surface area contributed by atoms with Crippen molar-refractivity contribution in [2.45, 2.75) is 12.8 Å². The lowest BCUT2D eigenvalue weighted by atomic mass is 10.1. The number of methoxy groups -OCH3 is 2. The molecule has 1 fully saturated rings. The first-order valence-corrected chi connectivity index (χ1v) is 12.4. The van der Waals surface area contributed by atoms with Gasteiger partial charge in [-0.2, -0.15) is 0 Å². The van der Waals surface area contributed by atoms with Gasteiger partial charge in [-0.15, -0.1) is 11.3 Å². The molecule has 0 saturated carbocycles. The van der Waals surface area contributed by atoms with Gasteiger partial charge in [-0.3, -0.25) is 14.6 Å². The molecule has 3 aromatic rings. The van der Waals surface area contributed by atoms with E-state index in [9.17, 15) is 4.79 Å². The van der Waals surface area contributed by atoms with Crippen LogP contribution in [0.5, 0.6) is 11.5 Å². The molecule has 0 atom stereocenters. The van der Waals surface area contributed by atoms with Crippen LogP contribution >= 0.6 is 11.3 Å². The van der Waals surface area contributed by atoms with E-state index in [1.54, 1.807) is 14.2 Å². The Bertz CT molecular complexity index is 1070. The number of ether oxygens (including phenoxy) is 3. The zero-order valence-electron chi connectivity index (χ0n) is 19.7. The van der Waals surface area contributed by atoms with E-state index >= 15 is 0 Å². The Morgan fingerprint density at radius 2 is 1.91 bits per heavy atom. The van der Waals surface area contributed by atoms with Gasteiger partial charge < -0.3 is 14.2 Å². The van der Waals surface area contributed by atoms with Crippen LogP contribution in [0.1, 0.15) is 12.0 Å². The lowest BCUT2D eigenvalue weighted by Gasteiger charge is -2.27. The number of anilines is 1. The molecule has 2 aromatic carbocycles. The van der Waals surface area contributed by atoms with Gasteiger partial charge in [0.1, 0.15) is 11.5 Å². The van der Waals surface area contributed by atoms with Gasteiger partial charge in [0, 0.05) is 37.1 Å². The molecule has 7 nitrogen and oxygen atoms in total. The number of carbonyl (C=O) groups excluding carboxylic acids is 1. The van der Waals surface area contributed by atoms with Crippen molar-refractivity contribution in [2.75, 3.05) is 58.5 Å². The number of hydrogen-bond donors (Lipinski definition) is 0. The summed E-state index contributed by atoms with van der Waals surface area (Å²) >= 11 is 1.47. The fraction of sp³-hybridized carbons (Fsp3) is 0.385. The van der Waals surface area contributed by atoms with Crippen LogP contribution in [0.4, 0.5) is 5.13 Å². The predicted molar refractivity (Wildman–Crippen MR) is 135 cm³/mol. The average Bonchev–Trinajstić information content (AvgIpc) is 3.37. The first-order valence-electron chi connectivity index (χ1n) is 11.5. The molecule has 2 heterocycles. The monoisotopic (exact) mass is 481 g/mol. The number of benzene rings is 2. The number of carbonyl (C=O) groups is 1. The summed E-state index contributed by atoms with van der Waals surface area (Å²) < 4.78 is 16.4. The minimum atomic E-state index is 0.0479. The lowest BCUT2D eigenvalue weighted by molar-refractivity contribution is -0.118. The maximum Gasteiger partial charge on any atom is 0.233 e. The van der Waals surface area contributed by atoms with Crippen LogP contribution in [0.15, 0.2) is 53.9 Å². The van der Waals surface area contributed by atoms with Gasteiger partial charge in [0.15, 0.2) is 5.13 Å². The van der Waals surface area contributed by atoms with Crippen LogP contribution in [-0.4, -0.2) is 69.4 Å². The smallest absolute Gasteiger partial charge is 0.233 e. The van der Waals surface area contributed by atoms with Crippen molar-refractivity contribution in [3.63, 3.8) is 0 Å². The second-order valence-corrected chi connectivity index (χ2v) is 8.93. The molecule has 4 rings (SSSR count). The Kier molecular flexibility index (Phi) is 8.51. The Morgan fingerprint density at radius 1 is 1.12 bits per heavy atom. The molecule has 0 aliphatic carbocycles. The second-order valence-electron chi connectivity index (χ2n) is 8.10. The molecule has 1 aromatic heterocycles. The second kappa shape index (κ2) is 12.0. The summed E-state index contributed by atoms with van der Waals surface area (Å²) in [5, 5.41) is 2.67. The molecule has 8 heteroatoms. The summed E-state index contributed by atoms with van der Waals surface area (Å²) in [5.74, 6) is 1.49. The third-order valence-electron chi connectivity index (χ3n) is 5.86. The van der Waals surface area contributed by atoms with Gasteiger partial charge in [0.05, 0.1) is 39.5 Å². The number of aromatic nitrogens is 1. The molecule has 0 radical (unpaired) electrons. The van der Waals surface area contributed by atoms with E-state index in [-0.39, 0.29) is 5.91 Å². The number of amides is 1. The average molecular weight is 482 g/mol. The van der Waals surface area contributed by atoms with Crippen molar-refractivity contribution in [1.29, 1.82) is 0 Å². The van der Waals surface area contributed by atoms with Crippen LogP contribution in [0, 0.1) is 0 Å². The first kappa shape index (κ1) is 24.2. The maximum atomic E-state index is 13.4. The van der Waals surface area contributed by atoms with Crippen molar-refractivity contribution in [2.24, 2.45) is 0 Å². The highest BCUT2D eigenvalue weighted by Gasteiger charge is 2.21. The van der Waals surface area contributed by atoms with Crippen molar-refractivity contribution in [3.05, 3.63) is 59.5 Å². The van der Waals surface area contributed by atoms with Gasteiger partial charge in [-0.1, -0.05) is 30.3 Å². The molecule has 0 spiro atoms.